The summed E-state index contributed by atoms with van der Waals surface area (Å²) in [6.45, 7) is 0. The maximum absolute atomic E-state index is 13.3. The first kappa shape index (κ1) is 15.7. The maximum Gasteiger partial charge on any atom is 0.142 e. The van der Waals surface area contributed by atoms with Gasteiger partial charge in [-0.25, -0.2) is 4.39 Å². The molecule has 0 radical (unpaired) electrons. The minimum Gasteiger partial charge on any atom is -0.455 e. The van der Waals surface area contributed by atoms with Crippen LogP contribution < -0.4 is 0 Å². The topological polar surface area (TPSA) is 13.1 Å². The van der Waals surface area contributed by atoms with E-state index in [1.807, 2.05) is 60.7 Å². The van der Waals surface area contributed by atoms with Crippen molar-refractivity contribution in [2.24, 2.45) is 0 Å². The minimum absolute atomic E-state index is 0.261. The molecule has 25 heavy (non-hydrogen) atoms. The predicted octanol–water partition coefficient (Wildman–Crippen LogP) is 7.07. The van der Waals surface area contributed by atoms with Gasteiger partial charge < -0.3 is 4.42 Å². The maximum atomic E-state index is 13.3. The van der Waals surface area contributed by atoms with Gasteiger partial charge in [0.05, 0.1) is 0 Å². The molecule has 1 nitrogen and oxygen atoms in total. The summed E-state index contributed by atoms with van der Waals surface area (Å²) in [4.78, 5) is 0. The quantitative estimate of drug-likeness (QED) is 0.385. The van der Waals surface area contributed by atoms with Crippen LogP contribution in [0.4, 0.5) is 4.39 Å². The molecule has 0 saturated heterocycles. The zero-order valence-electron chi connectivity index (χ0n) is 13.2. The van der Waals surface area contributed by atoms with Crippen molar-refractivity contribution in [1.82, 2.24) is 0 Å². The van der Waals surface area contributed by atoms with Crippen molar-refractivity contribution in [1.29, 1.82) is 0 Å². The van der Waals surface area contributed by atoms with Crippen molar-refractivity contribution in [3.05, 3.63) is 95.8 Å². The minimum atomic E-state index is -0.261. The molecule has 0 unspecified atom stereocenters. The Morgan fingerprint density at radius 2 is 1.32 bits per heavy atom. The third-order valence-corrected chi connectivity index (χ3v) is 4.30. The molecule has 0 atom stereocenters. The molecule has 0 aliphatic heterocycles. The lowest BCUT2D eigenvalue weighted by atomic mass is 10.0. The van der Waals surface area contributed by atoms with Crippen LogP contribution in [0.15, 0.2) is 89.3 Å². The summed E-state index contributed by atoms with van der Waals surface area (Å²) in [5, 5.41) is 0.668. The van der Waals surface area contributed by atoms with Gasteiger partial charge in [-0.15, -0.1) is 0 Å². The smallest absolute Gasteiger partial charge is 0.142 e. The van der Waals surface area contributed by atoms with E-state index in [1.54, 1.807) is 12.1 Å². The van der Waals surface area contributed by atoms with Gasteiger partial charge in [-0.1, -0.05) is 54.1 Å². The van der Waals surface area contributed by atoms with Crippen LogP contribution in [0.3, 0.4) is 0 Å². The molecule has 0 bridgehead atoms. The first-order valence-corrected chi connectivity index (χ1v) is 8.29. The van der Waals surface area contributed by atoms with Crippen LogP contribution >= 0.6 is 11.6 Å². The van der Waals surface area contributed by atoms with Gasteiger partial charge in [-0.3, -0.25) is 0 Å². The zero-order valence-corrected chi connectivity index (χ0v) is 14.0. The Balaban J connectivity index is 1.89. The Morgan fingerprint density at radius 1 is 0.680 bits per heavy atom. The lowest BCUT2D eigenvalue weighted by Crippen LogP contribution is -1.81. The number of rotatable bonds is 3. The van der Waals surface area contributed by atoms with Crippen molar-refractivity contribution in [2.45, 2.75) is 0 Å². The average Bonchev–Trinajstić information content (AvgIpc) is 3.09. The molecule has 3 heteroatoms. The molecular weight excluding hydrogens is 335 g/mol. The fraction of sp³-hybridized carbons (Fsp3) is 0. The molecule has 4 aromatic rings. The van der Waals surface area contributed by atoms with E-state index >= 15 is 0 Å². The Hall–Kier alpha value is -2.84. The second-order valence-corrected chi connectivity index (χ2v) is 6.17. The Morgan fingerprint density at radius 3 is 2.00 bits per heavy atom. The Labute approximate surface area is 150 Å². The summed E-state index contributed by atoms with van der Waals surface area (Å²) in [6, 6.07) is 25.8. The molecule has 3 aromatic carbocycles. The molecule has 0 N–H and O–H groups in total. The zero-order chi connectivity index (χ0) is 17.2. The first-order chi connectivity index (χ1) is 12.2. The van der Waals surface area contributed by atoms with E-state index in [9.17, 15) is 4.39 Å². The fourth-order valence-corrected chi connectivity index (χ4v) is 2.92. The number of furan rings is 1. The monoisotopic (exact) mass is 348 g/mol. The summed E-state index contributed by atoms with van der Waals surface area (Å²) in [7, 11) is 0. The highest BCUT2D eigenvalue weighted by Gasteiger charge is 2.16. The Bertz CT molecular complexity index is 924. The molecule has 122 valence electrons. The molecule has 0 aliphatic rings. The molecule has 1 aromatic heterocycles. The van der Waals surface area contributed by atoms with Crippen LogP contribution in [0.2, 0.25) is 5.02 Å². The van der Waals surface area contributed by atoms with Crippen molar-refractivity contribution in [3.8, 4) is 33.8 Å². The summed E-state index contributed by atoms with van der Waals surface area (Å²) >= 11 is 6.00. The standard InChI is InChI=1S/C22H14ClFO/c23-18-10-6-17(7-11-18)22-20(15-8-12-19(24)13-9-15)14-21(25-22)16-4-2-1-3-5-16/h1-14H. The predicted molar refractivity (Wildman–Crippen MR) is 100.0 cm³/mol. The molecule has 0 saturated carbocycles. The molecule has 4 rings (SSSR count). The van der Waals surface area contributed by atoms with Gasteiger partial charge in [0.1, 0.15) is 17.3 Å². The lowest BCUT2D eigenvalue weighted by Gasteiger charge is -2.03. The number of hydrogen-bond donors (Lipinski definition) is 0. The average molecular weight is 349 g/mol. The summed E-state index contributed by atoms with van der Waals surface area (Å²) in [5.74, 6) is 1.25. The van der Waals surface area contributed by atoms with Crippen LogP contribution in [0.25, 0.3) is 33.8 Å². The Kier molecular flexibility index (Phi) is 4.12. The third-order valence-electron chi connectivity index (χ3n) is 4.05. The third kappa shape index (κ3) is 3.21. The second-order valence-electron chi connectivity index (χ2n) is 5.73. The first-order valence-electron chi connectivity index (χ1n) is 7.92. The van der Waals surface area contributed by atoms with E-state index in [4.69, 9.17) is 16.0 Å². The van der Waals surface area contributed by atoms with E-state index < -0.39 is 0 Å². The normalized spacial score (nSPS) is 10.8. The SMILES string of the molecule is Fc1ccc(-c2cc(-c3ccccc3)oc2-c2ccc(Cl)cc2)cc1. The molecule has 0 amide bonds. The highest BCUT2D eigenvalue weighted by Crippen LogP contribution is 2.39. The van der Waals surface area contributed by atoms with Crippen LogP contribution in [0.5, 0.6) is 0 Å². The number of hydrogen-bond acceptors (Lipinski definition) is 1. The van der Waals surface area contributed by atoms with Gasteiger partial charge in [-0.05, 0) is 48.0 Å². The van der Waals surface area contributed by atoms with E-state index in [1.165, 1.54) is 12.1 Å². The fourth-order valence-electron chi connectivity index (χ4n) is 2.80. The largest absolute Gasteiger partial charge is 0.455 e. The van der Waals surface area contributed by atoms with Crippen molar-refractivity contribution in [3.63, 3.8) is 0 Å². The molecule has 0 aliphatic carbocycles. The summed E-state index contributed by atoms with van der Waals surface area (Å²) in [6.07, 6.45) is 0. The number of benzene rings is 3. The molecule has 1 heterocycles. The van der Waals surface area contributed by atoms with E-state index in [0.29, 0.717) is 5.02 Å². The summed E-state index contributed by atoms with van der Waals surface area (Å²) in [5.41, 5.74) is 3.73. The highest BCUT2D eigenvalue weighted by molar-refractivity contribution is 6.30. The van der Waals surface area contributed by atoms with Gasteiger partial charge in [-0.2, -0.15) is 0 Å². The van der Waals surface area contributed by atoms with Crippen molar-refractivity contribution in [2.75, 3.05) is 0 Å². The van der Waals surface area contributed by atoms with E-state index in [0.717, 1.165) is 33.8 Å². The van der Waals surface area contributed by atoms with Gasteiger partial charge in [0.15, 0.2) is 0 Å². The van der Waals surface area contributed by atoms with Gasteiger partial charge in [0.2, 0.25) is 0 Å². The second kappa shape index (κ2) is 6.58. The van der Waals surface area contributed by atoms with Gasteiger partial charge in [0, 0.05) is 21.7 Å². The van der Waals surface area contributed by atoms with Crippen molar-refractivity contribution >= 4 is 11.6 Å². The van der Waals surface area contributed by atoms with Gasteiger partial charge >= 0.3 is 0 Å². The van der Waals surface area contributed by atoms with Crippen LogP contribution in [0.1, 0.15) is 0 Å². The molecule has 0 fully saturated rings. The van der Waals surface area contributed by atoms with Crippen LogP contribution in [-0.2, 0) is 0 Å². The van der Waals surface area contributed by atoms with Crippen LogP contribution in [-0.4, -0.2) is 0 Å². The number of halogens is 2. The molecular formula is C22H14ClFO. The van der Waals surface area contributed by atoms with E-state index in [2.05, 4.69) is 0 Å². The van der Waals surface area contributed by atoms with Crippen LogP contribution in [0, 0.1) is 5.82 Å². The van der Waals surface area contributed by atoms with Gasteiger partial charge in [0.25, 0.3) is 0 Å². The summed E-state index contributed by atoms with van der Waals surface area (Å²) < 4.78 is 19.5. The highest BCUT2D eigenvalue weighted by atomic mass is 35.5. The molecule has 0 spiro atoms. The van der Waals surface area contributed by atoms with E-state index in [-0.39, 0.29) is 5.82 Å². The van der Waals surface area contributed by atoms with Crippen molar-refractivity contribution < 1.29 is 8.81 Å². The lowest BCUT2D eigenvalue weighted by molar-refractivity contribution is 0.598.